The van der Waals surface area contributed by atoms with Crippen molar-refractivity contribution in [1.29, 1.82) is 0 Å². The highest BCUT2D eigenvalue weighted by molar-refractivity contribution is 7.91. The Morgan fingerprint density at radius 2 is 2.21 bits per heavy atom. The Kier molecular flexibility index (Phi) is 4.01. The third-order valence-electron chi connectivity index (χ3n) is 1.31. The number of sulfonamides is 1. The molecule has 14 heavy (non-hydrogen) atoms. The van der Waals surface area contributed by atoms with E-state index in [2.05, 4.69) is 24.5 Å². The summed E-state index contributed by atoms with van der Waals surface area (Å²) in [4.78, 5) is 0.704. The largest absolute Gasteiger partial charge is 0.247 e. The molecule has 0 atom stereocenters. The summed E-state index contributed by atoms with van der Waals surface area (Å²) < 4.78 is 22.0. The first-order valence-corrected chi connectivity index (χ1v) is 6.76. The number of thiophene rings is 1. The third kappa shape index (κ3) is 3.35. The highest BCUT2D eigenvalue weighted by Crippen LogP contribution is 2.18. The molecule has 1 aromatic heterocycles. The van der Waals surface area contributed by atoms with Crippen LogP contribution in [-0.4, -0.2) is 14.2 Å². The zero-order valence-electron chi connectivity index (χ0n) is 7.23. The topological polar surface area (TPSA) is 60.2 Å². The molecule has 0 amide bonds. The van der Waals surface area contributed by atoms with Crippen molar-refractivity contribution in [2.45, 2.75) is 10.6 Å². The molecule has 6 heteroatoms. The lowest BCUT2D eigenvalue weighted by atomic mass is 10.4. The summed E-state index contributed by atoms with van der Waals surface area (Å²) in [7, 11) is -3.58. The van der Waals surface area contributed by atoms with Crippen molar-refractivity contribution in [2.24, 2.45) is 5.14 Å². The molecule has 2 N–H and O–H groups in total. The Balaban J connectivity index is 2.86. The average Bonchev–Trinajstić information content (AvgIpc) is 2.52. The number of hydrogen-bond donors (Lipinski definition) is 2. The van der Waals surface area contributed by atoms with Gasteiger partial charge in [0.2, 0.25) is 10.0 Å². The molecule has 0 fully saturated rings. The van der Waals surface area contributed by atoms with Crippen LogP contribution in [0.2, 0.25) is 0 Å². The summed E-state index contributed by atoms with van der Waals surface area (Å²) in [6.45, 7) is 0. The molecule has 0 aliphatic carbocycles. The molecule has 3 nitrogen and oxygen atoms in total. The van der Waals surface area contributed by atoms with Crippen LogP contribution in [0.1, 0.15) is 11.3 Å². The first kappa shape index (κ1) is 11.6. The van der Waals surface area contributed by atoms with Crippen molar-refractivity contribution in [3.8, 4) is 11.8 Å². The van der Waals surface area contributed by atoms with E-state index in [0.717, 1.165) is 11.3 Å². The summed E-state index contributed by atoms with van der Waals surface area (Å²) in [5.74, 6) is 6.40. The maximum Gasteiger partial charge on any atom is 0.247 e. The fourth-order valence-electron chi connectivity index (χ4n) is 0.746. The molecule has 76 valence electrons. The Morgan fingerprint density at radius 1 is 1.50 bits per heavy atom. The predicted octanol–water partition coefficient (Wildman–Crippen LogP) is 1.07. The van der Waals surface area contributed by atoms with Gasteiger partial charge >= 0.3 is 0 Å². The van der Waals surface area contributed by atoms with Crippen LogP contribution in [0.15, 0.2) is 16.3 Å². The van der Waals surface area contributed by atoms with Gasteiger partial charge in [0, 0.05) is 12.2 Å². The molecule has 0 spiro atoms. The molecule has 1 heterocycles. The van der Waals surface area contributed by atoms with E-state index in [1.54, 1.807) is 6.07 Å². The van der Waals surface area contributed by atoms with Gasteiger partial charge in [-0.05, 0) is 12.1 Å². The summed E-state index contributed by atoms with van der Waals surface area (Å²) >= 11 is 5.08. The second-order valence-electron chi connectivity index (χ2n) is 2.44. The lowest BCUT2D eigenvalue weighted by Crippen LogP contribution is -2.09. The average molecular weight is 247 g/mol. The van der Waals surface area contributed by atoms with Crippen molar-refractivity contribution in [3.63, 3.8) is 0 Å². The van der Waals surface area contributed by atoms with Crippen LogP contribution < -0.4 is 5.14 Å². The summed E-state index contributed by atoms with van der Waals surface area (Å²) in [6.07, 6.45) is 0.686. The zero-order chi connectivity index (χ0) is 10.6. The van der Waals surface area contributed by atoms with Crippen molar-refractivity contribution in [1.82, 2.24) is 0 Å². The van der Waals surface area contributed by atoms with Crippen LogP contribution in [0.25, 0.3) is 0 Å². The van der Waals surface area contributed by atoms with Gasteiger partial charge in [0.1, 0.15) is 4.21 Å². The minimum atomic E-state index is -3.58. The Labute approximate surface area is 92.8 Å². The van der Waals surface area contributed by atoms with Gasteiger partial charge in [-0.15, -0.1) is 11.3 Å². The fraction of sp³-hybridized carbons (Fsp3) is 0.250. The molecule has 0 radical (unpaired) electrons. The van der Waals surface area contributed by atoms with Gasteiger partial charge in [0.25, 0.3) is 0 Å². The molecule has 1 rings (SSSR count). The van der Waals surface area contributed by atoms with Gasteiger partial charge < -0.3 is 0 Å². The minimum Gasteiger partial charge on any atom is -0.224 e. The van der Waals surface area contributed by atoms with E-state index in [1.807, 2.05) is 0 Å². The van der Waals surface area contributed by atoms with E-state index in [-0.39, 0.29) is 4.21 Å². The van der Waals surface area contributed by atoms with Gasteiger partial charge in [-0.25, -0.2) is 13.6 Å². The van der Waals surface area contributed by atoms with Crippen LogP contribution >= 0.6 is 24.0 Å². The summed E-state index contributed by atoms with van der Waals surface area (Å²) in [5, 5.41) is 4.95. The van der Waals surface area contributed by atoms with Crippen molar-refractivity contribution in [3.05, 3.63) is 17.0 Å². The van der Waals surface area contributed by atoms with E-state index >= 15 is 0 Å². The molecule has 0 saturated heterocycles. The molecule has 0 unspecified atom stereocenters. The van der Waals surface area contributed by atoms with Crippen LogP contribution in [0.5, 0.6) is 0 Å². The van der Waals surface area contributed by atoms with E-state index in [1.165, 1.54) is 6.07 Å². The second kappa shape index (κ2) is 4.84. The molecular formula is C8H9NO2S3. The van der Waals surface area contributed by atoms with Gasteiger partial charge in [-0.2, -0.15) is 12.6 Å². The van der Waals surface area contributed by atoms with Crippen LogP contribution in [-0.2, 0) is 10.0 Å². The molecule has 0 bridgehead atoms. The van der Waals surface area contributed by atoms with E-state index in [0.29, 0.717) is 17.1 Å². The van der Waals surface area contributed by atoms with Crippen LogP contribution in [0, 0.1) is 11.8 Å². The van der Waals surface area contributed by atoms with E-state index in [9.17, 15) is 8.42 Å². The highest BCUT2D eigenvalue weighted by Gasteiger charge is 2.09. The SMILES string of the molecule is NS(=O)(=O)c1ccc(C#CCCS)s1. The monoisotopic (exact) mass is 247 g/mol. The number of primary sulfonamides is 1. The molecular weight excluding hydrogens is 238 g/mol. The number of hydrogen-bond acceptors (Lipinski definition) is 4. The van der Waals surface area contributed by atoms with Crippen molar-refractivity contribution >= 4 is 34.0 Å². The zero-order valence-corrected chi connectivity index (χ0v) is 9.75. The van der Waals surface area contributed by atoms with Crippen LogP contribution in [0.4, 0.5) is 0 Å². The Morgan fingerprint density at radius 3 is 2.71 bits per heavy atom. The molecule has 0 aliphatic heterocycles. The summed E-state index contributed by atoms with van der Waals surface area (Å²) in [6, 6.07) is 3.11. The summed E-state index contributed by atoms with van der Waals surface area (Å²) in [5.41, 5.74) is 0. The fourth-order valence-corrected chi connectivity index (χ4v) is 2.46. The number of thiol groups is 1. The second-order valence-corrected chi connectivity index (χ2v) is 5.76. The highest BCUT2D eigenvalue weighted by atomic mass is 32.2. The number of rotatable bonds is 2. The Bertz CT molecular complexity index is 464. The third-order valence-corrected chi connectivity index (χ3v) is 3.97. The smallest absolute Gasteiger partial charge is 0.224 e. The molecule has 0 aromatic carbocycles. The molecule has 0 aliphatic rings. The van der Waals surface area contributed by atoms with E-state index < -0.39 is 10.0 Å². The minimum absolute atomic E-state index is 0.146. The van der Waals surface area contributed by atoms with Crippen molar-refractivity contribution < 1.29 is 8.42 Å². The first-order valence-electron chi connectivity index (χ1n) is 3.76. The molecule has 1 aromatic rings. The number of nitrogens with two attached hydrogens (primary N) is 1. The van der Waals surface area contributed by atoms with Crippen molar-refractivity contribution in [2.75, 3.05) is 5.75 Å². The maximum absolute atomic E-state index is 10.9. The van der Waals surface area contributed by atoms with E-state index in [4.69, 9.17) is 5.14 Å². The lowest BCUT2D eigenvalue weighted by Gasteiger charge is -1.87. The quantitative estimate of drug-likeness (QED) is 0.606. The Hall–Kier alpha value is -0.480. The maximum atomic E-state index is 10.9. The van der Waals surface area contributed by atoms with Gasteiger partial charge in [-0.1, -0.05) is 11.8 Å². The molecule has 0 saturated carbocycles. The van der Waals surface area contributed by atoms with Gasteiger partial charge in [-0.3, -0.25) is 0 Å². The predicted molar refractivity (Wildman–Crippen MR) is 61.0 cm³/mol. The van der Waals surface area contributed by atoms with Gasteiger partial charge in [0.15, 0.2) is 0 Å². The normalized spacial score (nSPS) is 10.7. The first-order chi connectivity index (χ1) is 6.54. The lowest BCUT2D eigenvalue weighted by molar-refractivity contribution is 0.600. The van der Waals surface area contributed by atoms with Gasteiger partial charge in [0.05, 0.1) is 4.88 Å². The van der Waals surface area contributed by atoms with Crippen LogP contribution in [0.3, 0.4) is 0 Å². The standard InChI is InChI=1S/C8H9NO2S3/c9-14(10,11)8-5-4-7(13-8)3-1-2-6-12/h4-5,12H,2,6H2,(H2,9,10,11).